The highest BCUT2D eigenvalue weighted by Crippen LogP contribution is 2.43. The molecular weight excluding hydrogens is 749 g/mol. The van der Waals surface area contributed by atoms with Crippen LogP contribution in [0.1, 0.15) is 0 Å². The quantitative estimate of drug-likeness (QED) is 0.146. The van der Waals surface area contributed by atoms with E-state index in [1.807, 2.05) is 0 Å². The second-order valence-corrected chi connectivity index (χ2v) is 16.1. The van der Waals surface area contributed by atoms with E-state index in [4.69, 9.17) is 0 Å². The van der Waals surface area contributed by atoms with Gasteiger partial charge in [-0.05, 0) is 126 Å². The van der Waals surface area contributed by atoms with Crippen molar-refractivity contribution in [2.75, 3.05) is 4.90 Å². The minimum absolute atomic E-state index is 1.09. The van der Waals surface area contributed by atoms with E-state index in [9.17, 15) is 0 Å². The largest absolute Gasteiger partial charge is 0.310 e. The lowest BCUT2D eigenvalue weighted by atomic mass is 9.94. The number of hydrogen-bond donors (Lipinski definition) is 0. The molecule has 0 radical (unpaired) electrons. The van der Waals surface area contributed by atoms with E-state index in [0.29, 0.717) is 0 Å². The Morgan fingerprint density at radius 1 is 0.274 bits per heavy atom. The third-order valence-electron chi connectivity index (χ3n) is 12.6. The van der Waals surface area contributed by atoms with Crippen LogP contribution in [0, 0.1) is 0 Å². The number of aromatic nitrogens is 1. The molecule has 12 aromatic rings. The Labute approximate surface area is 360 Å². The van der Waals surface area contributed by atoms with Crippen molar-refractivity contribution in [1.82, 2.24) is 4.57 Å². The summed E-state index contributed by atoms with van der Waals surface area (Å²) in [6.45, 7) is 0. The number of nitrogens with zero attached hydrogens (tertiary/aromatic N) is 2. The Bertz CT molecular complexity index is 3630. The molecule has 2 nitrogen and oxygen atoms in total. The molecule has 0 bridgehead atoms. The van der Waals surface area contributed by atoms with Crippen molar-refractivity contribution in [3.8, 4) is 39.1 Å². The summed E-state index contributed by atoms with van der Waals surface area (Å²) in [5.74, 6) is 0. The highest BCUT2D eigenvalue weighted by Gasteiger charge is 2.19. The van der Waals surface area contributed by atoms with Crippen molar-refractivity contribution in [1.29, 1.82) is 0 Å². The lowest BCUT2D eigenvalue weighted by Gasteiger charge is -2.27. The fourth-order valence-corrected chi connectivity index (χ4v) is 9.75. The molecule has 1 aromatic heterocycles. The number of anilines is 3. The monoisotopic (exact) mass is 788 g/mol. The summed E-state index contributed by atoms with van der Waals surface area (Å²) in [5.41, 5.74) is 14.0. The summed E-state index contributed by atoms with van der Waals surface area (Å²) in [7, 11) is 0. The first kappa shape index (κ1) is 35.7. The average Bonchev–Trinajstić information content (AvgIpc) is 3.69. The first-order valence-electron chi connectivity index (χ1n) is 21.3. The van der Waals surface area contributed by atoms with Gasteiger partial charge >= 0.3 is 0 Å². The molecule has 0 aliphatic heterocycles. The van der Waals surface area contributed by atoms with Gasteiger partial charge in [0.1, 0.15) is 0 Å². The molecule has 62 heavy (non-hydrogen) atoms. The van der Waals surface area contributed by atoms with Crippen LogP contribution in [0.2, 0.25) is 0 Å². The second kappa shape index (κ2) is 14.8. The molecule has 0 unspecified atom stereocenters. The number of fused-ring (bicyclic) bond motifs is 7. The maximum absolute atomic E-state index is 2.41. The normalized spacial score (nSPS) is 11.5. The first-order valence-corrected chi connectivity index (χ1v) is 21.3. The van der Waals surface area contributed by atoms with Gasteiger partial charge in [0.2, 0.25) is 0 Å². The highest BCUT2D eigenvalue weighted by atomic mass is 15.1. The van der Waals surface area contributed by atoms with Gasteiger partial charge in [-0.15, -0.1) is 0 Å². The van der Waals surface area contributed by atoms with E-state index in [1.54, 1.807) is 0 Å². The molecule has 0 fully saturated rings. The summed E-state index contributed by atoms with van der Waals surface area (Å²) in [5, 5.41) is 10.0. The molecule has 0 saturated heterocycles. The van der Waals surface area contributed by atoms with Crippen LogP contribution in [-0.2, 0) is 0 Å². The van der Waals surface area contributed by atoms with Crippen LogP contribution in [0.5, 0.6) is 0 Å². The Hall–Kier alpha value is -8.20. The molecule has 0 atom stereocenters. The minimum atomic E-state index is 1.09. The smallest absolute Gasteiger partial charge is 0.0547 e. The third kappa shape index (κ3) is 5.96. The summed E-state index contributed by atoms with van der Waals surface area (Å²) < 4.78 is 2.39. The fourth-order valence-electron chi connectivity index (χ4n) is 9.75. The van der Waals surface area contributed by atoms with Crippen LogP contribution in [0.4, 0.5) is 17.1 Å². The lowest BCUT2D eigenvalue weighted by molar-refractivity contribution is 1.18. The zero-order chi connectivity index (χ0) is 41.0. The van der Waals surface area contributed by atoms with Gasteiger partial charge in [-0.3, -0.25) is 0 Å². The van der Waals surface area contributed by atoms with E-state index >= 15 is 0 Å². The lowest BCUT2D eigenvalue weighted by Crippen LogP contribution is -2.10. The molecule has 12 rings (SSSR count). The Morgan fingerprint density at radius 2 is 0.806 bits per heavy atom. The molecule has 1 heterocycles. The number of para-hydroxylation sites is 2. The molecule has 0 spiro atoms. The molecule has 2 heteroatoms. The van der Waals surface area contributed by atoms with E-state index in [1.165, 1.54) is 87.5 Å². The molecule has 0 amide bonds. The molecule has 11 aromatic carbocycles. The van der Waals surface area contributed by atoms with Crippen molar-refractivity contribution in [2.24, 2.45) is 0 Å². The Kier molecular flexibility index (Phi) is 8.53. The Balaban J connectivity index is 1.03. The van der Waals surface area contributed by atoms with E-state index in [-0.39, 0.29) is 0 Å². The van der Waals surface area contributed by atoms with Crippen molar-refractivity contribution in [3.05, 3.63) is 243 Å². The summed E-state index contributed by atoms with van der Waals surface area (Å²) in [6, 6.07) is 88.5. The fraction of sp³-hybridized carbons (Fsp3) is 0. The predicted molar refractivity (Wildman–Crippen MR) is 264 cm³/mol. The van der Waals surface area contributed by atoms with Crippen LogP contribution in [0.15, 0.2) is 243 Å². The topological polar surface area (TPSA) is 8.17 Å². The van der Waals surface area contributed by atoms with Crippen LogP contribution >= 0.6 is 0 Å². The van der Waals surface area contributed by atoms with E-state index in [0.717, 1.165) is 22.7 Å². The van der Waals surface area contributed by atoms with Gasteiger partial charge in [0.15, 0.2) is 0 Å². The predicted octanol–water partition coefficient (Wildman–Crippen LogP) is 16.7. The zero-order valence-corrected chi connectivity index (χ0v) is 34.0. The van der Waals surface area contributed by atoms with Gasteiger partial charge in [-0.1, -0.05) is 182 Å². The van der Waals surface area contributed by atoms with Crippen molar-refractivity contribution in [2.45, 2.75) is 0 Å². The highest BCUT2D eigenvalue weighted by molar-refractivity contribution is 6.16. The maximum atomic E-state index is 2.41. The average molecular weight is 789 g/mol. The number of rotatable bonds is 7. The van der Waals surface area contributed by atoms with Crippen LogP contribution in [0.3, 0.4) is 0 Å². The van der Waals surface area contributed by atoms with Gasteiger partial charge < -0.3 is 9.47 Å². The first-order chi connectivity index (χ1) is 30.8. The minimum Gasteiger partial charge on any atom is -0.310 e. The maximum Gasteiger partial charge on any atom is 0.0547 e. The van der Waals surface area contributed by atoms with Crippen molar-refractivity contribution in [3.63, 3.8) is 0 Å². The third-order valence-corrected chi connectivity index (χ3v) is 12.6. The van der Waals surface area contributed by atoms with Crippen LogP contribution in [-0.4, -0.2) is 4.57 Å². The van der Waals surface area contributed by atoms with Gasteiger partial charge in [0.05, 0.1) is 11.0 Å². The van der Waals surface area contributed by atoms with Gasteiger partial charge in [-0.2, -0.15) is 0 Å². The van der Waals surface area contributed by atoms with Gasteiger partial charge in [0, 0.05) is 33.5 Å². The zero-order valence-electron chi connectivity index (χ0n) is 34.0. The molecule has 0 saturated carbocycles. The van der Waals surface area contributed by atoms with Gasteiger partial charge in [-0.25, -0.2) is 0 Å². The molecule has 0 aliphatic rings. The summed E-state index contributed by atoms with van der Waals surface area (Å²) in [4.78, 5) is 2.41. The standard InChI is InChI=1S/C60H40N2/c1-2-20-46(21-3-1)62-58-31-9-8-26-57(58)60-54(29-14-32-59(60)62)45-19-11-23-49(40-45)61(48-22-10-18-44(39-48)53-27-12-17-41-15-4-6-24-50(41)53)47-36-33-43(34-37-47)52-28-13-30-55-51-25-7-5-16-42(51)35-38-56(52)55/h1-40H. The molecule has 290 valence electrons. The second-order valence-electron chi connectivity index (χ2n) is 16.1. The number of benzene rings is 11. The van der Waals surface area contributed by atoms with Crippen LogP contribution in [0.25, 0.3) is 93.2 Å². The molecule has 0 N–H and O–H groups in total. The number of hydrogen-bond acceptors (Lipinski definition) is 1. The summed E-state index contributed by atoms with van der Waals surface area (Å²) >= 11 is 0. The van der Waals surface area contributed by atoms with Gasteiger partial charge in [0.25, 0.3) is 0 Å². The Morgan fingerprint density at radius 3 is 1.58 bits per heavy atom. The van der Waals surface area contributed by atoms with Crippen molar-refractivity contribution >= 4 is 71.2 Å². The van der Waals surface area contributed by atoms with Crippen molar-refractivity contribution < 1.29 is 0 Å². The molecule has 0 aliphatic carbocycles. The molecular formula is C60H40N2. The van der Waals surface area contributed by atoms with E-state index in [2.05, 4.69) is 252 Å². The van der Waals surface area contributed by atoms with Crippen LogP contribution < -0.4 is 4.90 Å². The summed E-state index contributed by atoms with van der Waals surface area (Å²) in [6.07, 6.45) is 0. The van der Waals surface area contributed by atoms with E-state index < -0.39 is 0 Å². The SMILES string of the molecule is c1ccc(-n2c3ccccc3c3c(-c4cccc(N(c5ccc(-c6cccc7c6ccc6ccccc67)cc5)c5cccc(-c6cccc7ccccc67)c5)c4)cccc32)cc1.